The second kappa shape index (κ2) is 6.64. The Bertz CT molecular complexity index is 864. The molecule has 0 unspecified atom stereocenters. The van der Waals surface area contributed by atoms with Crippen molar-refractivity contribution in [3.05, 3.63) is 59.1 Å². The van der Waals surface area contributed by atoms with Gasteiger partial charge in [0.2, 0.25) is 11.8 Å². The first-order valence-electron chi connectivity index (χ1n) is 7.78. The summed E-state index contributed by atoms with van der Waals surface area (Å²) in [6.45, 7) is 0. The molecule has 2 aromatic carbocycles. The highest BCUT2D eigenvalue weighted by molar-refractivity contribution is 6.34. The Morgan fingerprint density at radius 3 is 1.92 bits per heavy atom. The Balaban J connectivity index is 1.78. The molecular formula is C18H14ClF3N2O2. The fraction of sp³-hybridized carbons (Fsp3) is 0.222. The smallest absolute Gasteiger partial charge is 0.325 e. The number of carbonyl (C=O) groups excluding carboxylic acids is 2. The second-order valence-corrected chi connectivity index (χ2v) is 6.42. The maximum absolute atomic E-state index is 13.1. The van der Waals surface area contributed by atoms with Crippen molar-refractivity contribution < 1.29 is 22.8 Å². The van der Waals surface area contributed by atoms with Crippen molar-refractivity contribution in [2.45, 2.75) is 19.0 Å². The minimum atomic E-state index is -4.61. The van der Waals surface area contributed by atoms with Gasteiger partial charge in [0.25, 0.3) is 0 Å². The number of carbonyl (C=O) groups is 2. The lowest BCUT2D eigenvalue weighted by molar-refractivity contribution is -0.137. The molecule has 1 fully saturated rings. The number of alkyl halides is 3. The van der Waals surface area contributed by atoms with E-state index < -0.39 is 29.0 Å². The minimum Gasteiger partial charge on any atom is -0.325 e. The van der Waals surface area contributed by atoms with Crippen molar-refractivity contribution in [3.63, 3.8) is 0 Å². The van der Waals surface area contributed by atoms with Crippen LogP contribution < -0.4 is 10.6 Å². The fourth-order valence-electron chi connectivity index (χ4n) is 2.57. The molecule has 0 heterocycles. The number of benzene rings is 2. The monoisotopic (exact) mass is 382 g/mol. The van der Waals surface area contributed by atoms with Gasteiger partial charge >= 0.3 is 6.18 Å². The van der Waals surface area contributed by atoms with E-state index in [0.717, 1.165) is 12.1 Å². The van der Waals surface area contributed by atoms with Crippen LogP contribution in [-0.2, 0) is 15.8 Å². The molecule has 0 bridgehead atoms. The van der Waals surface area contributed by atoms with Crippen molar-refractivity contribution in [2.24, 2.45) is 5.41 Å². The van der Waals surface area contributed by atoms with Gasteiger partial charge < -0.3 is 10.6 Å². The lowest BCUT2D eigenvalue weighted by atomic mass is 10.0. The molecule has 0 atom stereocenters. The molecule has 0 aliphatic heterocycles. The number of hydrogen-bond donors (Lipinski definition) is 2. The van der Waals surface area contributed by atoms with Crippen molar-refractivity contribution >= 4 is 34.8 Å². The molecule has 0 radical (unpaired) electrons. The fourth-order valence-corrected chi connectivity index (χ4v) is 2.75. The lowest BCUT2D eigenvalue weighted by Gasteiger charge is -2.18. The molecule has 4 nitrogen and oxygen atoms in total. The zero-order valence-corrected chi connectivity index (χ0v) is 14.1. The number of hydrogen-bond acceptors (Lipinski definition) is 2. The van der Waals surface area contributed by atoms with E-state index >= 15 is 0 Å². The van der Waals surface area contributed by atoms with E-state index in [1.807, 2.05) is 0 Å². The third kappa shape index (κ3) is 3.53. The first-order chi connectivity index (χ1) is 12.2. The first-order valence-corrected chi connectivity index (χ1v) is 8.15. The molecule has 1 aliphatic rings. The van der Waals surface area contributed by atoms with Gasteiger partial charge in [-0.15, -0.1) is 0 Å². The second-order valence-electron chi connectivity index (χ2n) is 6.01. The number of para-hydroxylation sites is 2. The third-order valence-electron chi connectivity index (χ3n) is 4.22. The molecule has 2 N–H and O–H groups in total. The third-order valence-corrected chi connectivity index (χ3v) is 4.55. The van der Waals surface area contributed by atoms with Crippen LogP contribution in [-0.4, -0.2) is 11.8 Å². The van der Waals surface area contributed by atoms with E-state index in [1.165, 1.54) is 12.1 Å². The van der Waals surface area contributed by atoms with E-state index in [1.54, 1.807) is 24.3 Å². The topological polar surface area (TPSA) is 58.2 Å². The van der Waals surface area contributed by atoms with Crippen LogP contribution in [0.3, 0.4) is 0 Å². The summed E-state index contributed by atoms with van der Waals surface area (Å²) in [5.74, 6) is -1.36. The quantitative estimate of drug-likeness (QED) is 0.752. The van der Waals surface area contributed by atoms with Gasteiger partial charge in [0, 0.05) is 0 Å². The molecule has 136 valence electrons. The lowest BCUT2D eigenvalue weighted by Crippen LogP contribution is -2.36. The van der Waals surface area contributed by atoms with Gasteiger partial charge in [-0.2, -0.15) is 13.2 Å². The highest BCUT2D eigenvalue weighted by Gasteiger charge is 2.57. The van der Waals surface area contributed by atoms with Gasteiger partial charge in [0.15, 0.2) is 0 Å². The summed E-state index contributed by atoms with van der Waals surface area (Å²) < 4.78 is 39.2. The highest BCUT2D eigenvalue weighted by Crippen LogP contribution is 2.48. The molecule has 3 rings (SSSR count). The van der Waals surface area contributed by atoms with Crippen LogP contribution in [0.25, 0.3) is 0 Å². The van der Waals surface area contributed by atoms with Crippen LogP contribution in [0, 0.1) is 5.41 Å². The van der Waals surface area contributed by atoms with E-state index in [0.29, 0.717) is 10.7 Å². The Kier molecular flexibility index (Phi) is 4.66. The maximum atomic E-state index is 13.1. The Morgan fingerprint density at radius 1 is 0.885 bits per heavy atom. The summed E-state index contributed by atoms with van der Waals surface area (Å²) in [6, 6.07) is 11.2. The van der Waals surface area contributed by atoms with Crippen molar-refractivity contribution in [1.82, 2.24) is 0 Å². The van der Waals surface area contributed by atoms with Crippen LogP contribution >= 0.6 is 11.6 Å². The number of nitrogens with one attached hydrogen (secondary N) is 2. The summed E-state index contributed by atoms with van der Waals surface area (Å²) in [6.07, 6.45) is -4.10. The first kappa shape index (κ1) is 18.3. The molecule has 0 saturated heterocycles. The minimum absolute atomic E-state index is 0.253. The molecule has 1 saturated carbocycles. The van der Waals surface area contributed by atoms with Crippen LogP contribution in [0.5, 0.6) is 0 Å². The van der Waals surface area contributed by atoms with Gasteiger partial charge in [-0.25, -0.2) is 0 Å². The van der Waals surface area contributed by atoms with Crippen LogP contribution in [0.15, 0.2) is 48.5 Å². The molecule has 0 spiro atoms. The molecule has 2 aromatic rings. The maximum Gasteiger partial charge on any atom is 0.418 e. The molecule has 0 aromatic heterocycles. The van der Waals surface area contributed by atoms with Gasteiger partial charge in [0.1, 0.15) is 5.41 Å². The van der Waals surface area contributed by atoms with Crippen molar-refractivity contribution in [3.8, 4) is 0 Å². The molecule has 2 amide bonds. The average molecular weight is 383 g/mol. The zero-order chi connectivity index (χ0) is 18.9. The summed E-state index contributed by atoms with van der Waals surface area (Å²) in [4.78, 5) is 25.0. The molecule has 1 aliphatic carbocycles. The normalized spacial score (nSPS) is 15.2. The van der Waals surface area contributed by atoms with Gasteiger partial charge in [-0.05, 0) is 37.1 Å². The van der Waals surface area contributed by atoms with E-state index in [-0.39, 0.29) is 18.5 Å². The van der Waals surface area contributed by atoms with E-state index in [9.17, 15) is 22.8 Å². The largest absolute Gasteiger partial charge is 0.418 e. The predicted octanol–water partition coefficient (Wildman–Crippen LogP) is 4.72. The standard InChI is InChI=1S/C18H14ClF3N2O2/c19-12-6-2-4-8-14(12)24-16(26)17(9-10-17)15(25)23-13-7-3-1-5-11(13)18(20,21)22/h1-8H,9-10H2,(H,23,25)(H,24,26). The van der Waals surface area contributed by atoms with Crippen LogP contribution in [0.4, 0.5) is 24.5 Å². The van der Waals surface area contributed by atoms with Crippen molar-refractivity contribution in [2.75, 3.05) is 10.6 Å². The SMILES string of the molecule is O=C(Nc1ccccc1Cl)C1(C(=O)Nc2ccccc2C(F)(F)F)CC1. The summed E-state index contributed by atoms with van der Waals surface area (Å²) in [5, 5.41) is 5.12. The Hall–Kier alpha value is -2.54. The molecule has 8 heteroatoms. The number of amides is 2. The molecule has 26 heavy (non-hydrogen) atoms. The number of rotatable bonds is 4. The summed E-state index contributed by atoms with van der Waals surface area (Å²) in [7, 11) is 0. The van der Waals surface area contributed by atoms with E-state index in [2.05, 4.69) is 10.6 Å². The van der Waals surface area contributed by atoms with Gasteiger partial charge in [-0.3, -0.25) is 9.59 Å². The average Bonchev–Trinajstić information content (AvgIpc) is 3.38. The number of halogens is 4. The highest BCUT2D eigenvalue weighted by atomic mass is 35.5. The molecular weight excluding hydrogens is 369 g/mol. The van der Waals surface area contributed by atoms with Crippen molar-refractivity contribution in [1.29, 1.82) is 0 Å². The number of anilines is 2. The summed E-state index contributed by atoms with van der Waals surface area (Å²) in [5.41, 5.74) is -2.39. The van der Waals surface area contributed by atoms with Crippen LogP contribution in [0.1, 0.15) is 18.4 Å². The zero-order valence-electron chi connectivity index (χ0n) is 13.4. The Labute approximate surface area is 152 Å². The van der Waals surface area contributed by atoms with Gasteiger partial charge in [-0.1, -0.05) is 35.9 Å². The summed E-state index contributed by atoms with van der Waals surface area (Å²) >= 11 is 5.98. The Morgan fingerprint density at radius 2 is 1.38 bits per heavy atom. The van der Waals surface area contributed by atoms with Gasteiger partial charge in [0.05, 0.1) is 22.0 Å². The predicted molar refractivity (Wildman–Crippen MR) is 91.8 cm³/mol. The van der Waals surface area contributed by atoms with E-state index in [4.69, 9.17) is 11.6 Å². The van der Waals surface area contributed by atoms with Crippen LogP contribution in [0.2, 0.25) is 5.02 Å².